The number of carbonyl (C=O) groups is 2. The molecule has 2 aromatic rings. The molecule has 2 aromatic carbocycles. The Labute approximate surface area is 160 Å². The van der Waals surface area contributed by atoms with Crippen molar-refractivity contribution in [3.05, 3.63) is 53.8 Å². The summed E-state index contributed by atoms with van der Waals surface area (Å²) in [6.07, 6.45) is 0. The number of halogens is 1. The number of rotatable bonds is 7. The number of benzene rings is 2. The average Bonchev–Trinajstić information content (AvgIpc) is 3.13. The molecule has 0 saturated carbocycles. The molecule has 1 heterocycles. The lowest BCUT2D eigenvalue weighted by molar-refractivity contribution is -0.146. The summed E-state index contributed by atoms with van der Waals surface area (Å²) in [5, 5.41) is 2.75. The largest absolute Gasteiger partial charge is 0.455 e. The fraction of sp³-hybridized carbons (Fsp3) is 0.263. The first-order valence-electron chi connectivity index (χ1n) is 8.25. The summed E-state index contributed by atoms with van der Waals surface area (Å²) in [7, 11) is 0. The third-order valence-electron chi connectivity index (χ3n) is 3.82. The summed E-state index contributed by atoms with van der Waals surface area (Å²) >= 11 is 1.02. The number of hydrogen-bond donors (Lipinski definition) is 1. The van der Waals surface area contributed by atoms with Gasteiger partial charge in [0.25, 0.3) is 5.91 Å². The van der Waals surface area contributed by atoms with Crippen molar-refractivity contribution in [2.24, 2.45) is 0 Å². The van der Waals surface area contributed by atoms with Crippen molar-refractivity contribution in [3.63, 3.8) is 0 Å². The molecule has 8 heteroatoms. The van der Waals surface area contributed by atoms with Gasteiger partial charge in [0, 0.05) is 4.90 Å². The molecule has 6 nitrogen and oxygen atoms in total. The zero-order valence-electron chi connectivity index (χ0n) is 14.6. The monoisotopic (exact) mass is 391 g/mol. The van der Waals surface area contributed by atoms with Crippen LogP contribution >= 0.6 is 11.8 Å². The first kappa shape index (κ1) is 19.0. The van der Waals surface area contributed by atoms with Crippen LogP contribution in [0.25, 0.3) is 0 Å². The Bertz CT molecular complexity index is 845. The first-order valence-corrected chi connectivity index (χ1v) is 9.23. The van der Waals surface area contributed by atoms with E-state index in [4.69, 9.17) is 14.2 Å². The van der Waals surface area contributed by atoms with Gasteiger partial charge in [0.15, 0.2) is 18.1 Å². The van der Waals surface area contributed by atoms with Gasteiger partial charge < -0.3 is 19.5 Å². The first-order chi connectivity index (χ1) is 13.0. The van der Waals surface area contributed by atoms with Crippen molar-refractivity contribution in [2.75, 3.05) is 19.2 Å². The zero-order valence-corrected chi connectivity index (χ0v) is 15.4. The topological polar surface area (TPSA) is 73.9 Å². The second-order valence-electron chi connectivity index (χ2n) is 5.78. The molecular weight excluding hydrogens is 373 g/mol. The van der Waals surface area contributed by atoms with Crippen LogP contribution in [-0.2, 0) is 14.3 Å². The Hall–Kier alpha value is -2.74. The number of nitrogens with one attached hydrogen (secondary N) is 1. The van der Waals surface area contributed by atoms with Gasteiger partial charge in [-0.05, 0) is 36.8 Å². The molecule has 0 saturated heterocycles. The Morgan fingerprint density at radius 1 is 1.22 bits per heavy atom. The number of ether oxygens (including phenoxy) is 3. The Morgan fingerprint density at radius 2 is 2.00 bits per heavy atom. The summed E-state index contributed by atoms with van der Waals surface area (Å²) in [5.74, 6) is -0.195. The Balaban J connectivity index is 1.42. The van der Waals surface area contributed by atoms with E-state index in [0.717, 1.165) is 17.3 Å². The number of fused-ring (bicyclic) bond motifs is 1. The van der Waals surface area contributed by atoms with Crippen LogP contribution in [0, 0.1) is 5.82 Å². The second kappa shape index (κ2) is 8.77. The minimum absolute atomic E-state index is 0.0775. The van der Waals surface area contributed by atoms with Crippen LogP contribution in [-0.4, -0.2) is 31.0 Å². The number of carbonyl (C=O) groups excluding carboxylic acids is 2. The summed E-state index contributed by atoms with van der Waals surface area (Å²) in [6.45, 7) is 1.59. The molecule has 1 amide bonds. The van der Waals surface area contributed by atoms with E-state index in [1.165, 1.54) is 6.07 Å². The predicted molar refractivity (Wildman–Crippen MR) is 97.2 cm³/mol. The van der Waals surface area contributed by atoms with E-state index < -0.39 is 24.3 Å². The number of amides is 1. The highest BCUT2D eigenvalue weighted by molar-refractivity contribution is 8.00. The molecule has 1 aliphatic rings. The third-order valence-corrected chi connectivity index (χ3v) is 4.84. The van der Waals surface area contributed by atoms with Gasteiger partial charge in [0.2, 0.25) is 6.79 Å². The number of hydrogen-bond acceptors (Lipinski definition) is 6. The van der Waals surface area contributed by atoms with Gasteiger partial charge in [0.1, 0.15) is 5.82 Å². The van der Waals surface area contributed by atoms with Crippen LogP contribution < -0.4 is 14.8 Å². The van der Waals surface area contributed by atoms with Crippen molar-refractivity contribution < 1.29 is 28.2 Å². The van der Waals surface area contributed by atoms with Gasteiger partial charge in [-0.25, -0.2) is 4.39 Å². The minimum Gasteiger partial charge on any atom is -0.455 e. The fourth-order valence-corrected chi connectivity index (χ4v) is 3.17. The molecule has 0 fully saturated rings. The fourth-order valence-electron chi connectivity index (χ4n) is 2.44. The number of thioether (sulfide) groups is 1. The summed E-state index contributed by atoms with van der Waals surface area (Å²) in [5.41, 5.74) is 0.842. The van der Waals surface area contributed by atoms with E-state index >= 15 is 0 Å². The third kappa shape index (κ3) is 5.13. The molecule has 1 N–H and O–H groups in total. The van der Waals surface area contributed by atoms with Crippen LogP contribution in [0.3, 0.4) is 0 Å². The smallest absolute Gasteiger partial charge is 0.316 e. The highest BCUT2D eigenvalue weighted by atomic mass is 32.2. The maximum absolute atomic E-state index is 13.5. The quantitative estimate of drug-likeness (QED) is 0.578. The SMILES string of the molecule is C[C@H](NC(=O)COC(=O)CSc1ccccc1F)c1ccc2c(c1)OCO2. The molecule has 1 aliphatic heterocycles. The van der Waals surface area contributed by atoms with Crippen LogP contribution in [0.15, 0.2) is 47.4 Å². The number of esters is 1. The average molecular weight is 391 g/mol. The van der Waals surface area contributed by atoms with Gasteiger partial charge in [-0.1, -0.05) is 18.2 Å². The van der Waals surface area contributed by atoms with Crippen molar-refractivity contribution >= 4 is 23.6 Å². The molecule has 0 bridgehead atoms. The standard InChI is InChI=1S/C19H18FNO5S/c1-12(13-6-7-15-16(8-13)26-11-25-15)21-18(22)9-24-19(23)10-27-17-5-3-2-4-14(17)20/h2-8,12H,9-11H2,1H3,(H,21,22)/t12-/m0/s1. The lowest BCUT2D eigenvalue weighted by atomic mass is 10.1. The van der Waals surface area contributed by atoms with Crippen LogP contribution in [0.1, 0.15) is 18.5 Å². The van der Waals surface area contributed by atoms with Crippen molar-refractivity contribution in [2.45, 2.75) is 17.9 Å². The Kier molecular flexibility index (Phi) is 6.18. The van der Waals surface area contributed by atoms with E-state index in [9.17, 15) is 14.0 Å². The molecule has 0 spiro atoms. The summed E-state index contributed by atoms with van der Waals surface area (Å²) in [6, 6.07) is 11.3. The van der Waals surface area contributed by atoms with E-state index in [1.54, 1.807) is 30.3 Å². The molecule has 0 aromatic heterocycles. The Morgan fingerprint density at radius 3 is 2.81 bits per heavy atom. The van der Waals surface area contributed by atoms with Gasteiger partial charge >= 0.3 is 5.97 Å². The van der Waals surface area contributed by atoms with Gasteiger partial charge in [-0.15, -0.1) is 11.8 Å². The van der Waals surface area contributed by atoms with Crippen molar-refractivity contribution in [3.8, 4) is 11.5 Å². The van der Waals surface area contributed by atoms with E-state index in [-0.39, 0.29) is 18.6 Å². The normalized spacial score (nSPS) is 13.1. The summed E-state index contributed by atoms with van der Waals surface area (Å²) in [4.78, 5) is 24.1. The highest BCUT2D eigenvalue weighted by Gasteiger charge is 2.17. The molecule has 0 radical (unpaired) electrons. The van der Waals surface area contributed by atoms with Gasteiger partial charge in [0.05, 0.1) is 11.8 Å². The molecular formula is C19H18FNO5S. The summed E-state index contributed by atoms with van der Waals surface area (Å²) < 4.78 is 29.0. The maximum atomic E-state index is 13.5. The molecule has 0 unspecified atom stereocenters. The molecule has 1 atom stereocenters. The van der Waals surface area contributed by atoms with E-state index in [1.807, 2.05) is 13.0 Å². The zero-order chi connectivity index (χ0) is 19.2. The van der Waals surface area contributed by atoms with Crippen LogP contribution in [0.2, 0.25) is 0 Å². The lowest BCUT2D eigenvalue weighted by Crippen LogP contribution is -2.31. The molecule has 142 valence electrons. The second-order valence-corrected chi connectivity index (χ2v) is 6.80. The minimum atomic E-state index is -0.589. The molecule has 27 heavy (non-hydrogen) atoms. The van der Waals surface area contributed by atoms with E-state index in [2.05, 4.69) is 5.32 Å². The highest BCUT2D eigenvalue weighted by Crippen LogP contribution is 2.34. The molecule has 3 rings (SSSR count). The predicted octanol–water partition coefficient (Wildman–Crippen LogP) is 3.07. The van der Waals surface area contributed by atoms with E-state index in [0.29, 0.717) is 16.4 Å². The maximum Gasteiger partial charge on any atom is 0.316 e. The van der Waals surface area contributed by atoms with Crippen LogP contribution in [0.5, 0.6) is 11.5 Å². The van der Waals surface area contributed by atoms with Crippen molar-refractivity contribution in [1.29, 1.82) is 0 Å². The molecule has 0 aliphatic carbocycles. The lowest BCUT2D eigenvalue weighted by Gasteiger charge is -2.15. The van der Waals surface area contributed by atoms with Crippen LogP contribution in [0.4, 0.5) is 4.39 Å². The van der Waals surface area contributed by atoms with Crippen molar-refractivity contribution in [1.82, 2.24) is 5.32 Å². The van der Waals surface area contributed by atoms with Gasteiger partial charge in [-0.2, -0.15) is 0 Å². The van der Waals surface area contributed by atoms with Gasteiger partial charge in [-0.3, -0.25) is 9.59 Å².